The highest BCUT2D eigenvalue weighted by atomic mass is 16.3. The zero-order valence-electron chi connectivity index (χ0n) is 12.1. The fraction of sp³-hybridized carbons (Fsp3) is 0.667. The molecular formula is C15H22N4O2. The minimum absolute atomic E-state index is 0.174. The summed E-state index contributed by atoms with van der Waals surface area (Å²) in [6.07, 6.45) is 6.31. The van der Waals surface area contributed by atoms with Crippen LogP contribution in [0.4, 0.5) is 0 Å². The van der Waals surface area contributed by atoms with Gasteiger partial charge in [0.15, 0.2) is 5.69 Å². The Hall–Kier alpha value is -1.53. The number of aliphatic hydroxyl groups excluding tert-OH is 1. The third kappa shape index (κ3) is 3.22. The van der Waals surface area contributed by atoms with E-state index in [9.17, 15) is 9.90 Å². The number of carbonyl (C=O) groups excluding carboxylic acids is 1. The van der Waals surface area contributed by atoms with Crippen molar-refractivity contribution in [2.24, 2.45) is 0 Å². The molecule has 0 radical (unpaired) electrons. The lowest BCUT2D eigenvalue weighted by atomic mass is 9.87. The van der Waals surface area contributed by atoms with Crippen LogP contribution < -0.4 is 5.32 Å². The number of nitrogens with zero attached hydrogens (tertiary/aromatic N) is 3. The smallest absolute Gasteiger partial charge is 0.272 e. The van der Waals surface area contributed by atoms with Crippen molar-refractivity contribution in [2.45, 2.75) is 50.3 Å². The maximum Gasteiger partial charge on any atom is 0.272 e. The van der Waals surface area contributed by atoms with Gasteiger partial charge in [-0.05, 0) is 57.3 Å². The molecule has 6 nitrogen and oxygen atoms in total. The molecule has 2 aliphatic rings. The summed E-state index contributed by atoms with van der Waals surface area (Å²) < 4.78 is 0. The summed E-state index contributed by atoms with van der Waals surface area (Å²) in [4.78, 5) is 14.5. The number of hydrogen-bond acceptors (Lipinski definition) is 5. The van der Waals surface area contributed by atoms with Crippen molar-refractivity contribution in [1.29, 1.82) is 0 Å². The van der Waals surface area contributed by atoms with E-state index in [0.717, 1.165) is 32.4 Å². The molecule has 2 N–H and O–H groups in total. The minimum Gasteiger partial charge on any atom is -0.389 e. The van der Waals surface area contributed by atoms with Crippen molar-refractivity contribution in [3.8, 4) is 0 Å². The van der Waals surface area contributed by atoms with E-state index in [-0.39, 0.29) is 18.0 Å². The highest BCUT2D eigenvalue weighted by Crippen LogP contribution is 2.26. The molecule has 1 saturated heterocycles. The lowest BCUT2D eigenvalue weighted by Crippen LogP contribution is -2.56. The van der Waals surface area contributed by atoms with Crippen molar-refractivity contribution in [2.75, 3.05) is 13.1 Å². The van der Waals surface area contributed by atoms with Crippen molar-refractivity contribution in [3.05, 3.63) is 24.0 Å². The second-order valence-corrected chi connectivity index (χ2v) is 5.92. The SMILES string of the molecule is O=C(N[C@@H]1CCC[C@@H](N2CCCC2)[C@@H]1O)c1cccnn1. The van der Waals surface area contributed by atoms with Crippen molar-refractivity contribution in [1.82, 2.24) is 20.4 Å². The molecule has 0 unspecified atom stereocenters. The Morgan fingerprint density at radius 3 is 2.81 bits per heavy atom. The average Bonchev–Trinajstić information content (AvgIpc) is 3.04. The molecule has 3 rings (SSSR count). The quantitative estimate of drug-likeness (QED) is 0.851. The van der Waals surface area contributed by atoms with E-state index in [1.54, 1.807) is 12.1 Å². The van der Waals surface area contributed by atoms with Crippen LogP contribution in [0.1, 0.15) is 42.6 Å². The van der Waals surface area contributed by atoms with E-state index in [1.165, 1.54) is 19.0 Å². The molecule has 1 saturated carbocycles. The number of nitrogens with one attached hydrogen (secondary N) is 1. The maximum atomic E-state index is 12.1. The van der Waals surface area contributed by atoms with Gasteiger partial charge >= 0.3 is 0 Å². The summed E-state index contributed by atoms with van der Waals surface area (Å²) in [7, 11) is 0. The van der Waals surface area contributed by atoms with Crippen molar-refractivity contribution >= 4 is 5.91 Å². The highest BCUT2D eigenvalue weighted by Gasteiger charge is 2.37. The van der Waals surface area contributed by atoms with E-state index in [4.69, 9.17) is 0 Å². The zero-order valence-corrected chi connectivity index (χ0v) is 12.1. The van der Waals surface area contributed by atoms with Gasteiger partial charge in [0.1, 0.15) is 0 Å². The van der Waals surface area contributed by atoms with E-state index >= 15 is 0 Å². The molecule has 114 valence electrons. The van der Waals surface area contributed by atoms with Crippen molar-refractivity contribution < 1.29 is 9.90 Å². The second-order valence-electron chi connectivity index (χ2n) is 5.92. The van der Waals surface area contributed by atoms with Gasteiger partial charge in [-0.1, -0.05) is 0 Å². The molecule has 1 aliphatic carbocycles. The van der Waals surface area contributed by atoms with Crippen LogP contribution in [0.3, 0.4) is 0 Å². The van der Waals surface area contributed by atoms with Gasteiger partial charge in [0.2, 0.25) is 0 Å². The first-order valence-electron chi connectivity index (χ1n) is 7.76. The minimum atomic E-state index is -0.502. The largest absolute Gasteiger partial charge is 0.389 e. The molecule has 3 atom stereocenters. The Bertz CT molecular complexity index is 476. The molecule has 1 aromatic rings. The first-order valence-corrected chi connectivity index (χ1v) is 7.76. The number of likely N-dealkylation sites (tertiary alicyclic amines) is 1. The van der Waals surface area contributed by atoms with Gasteiger partial charge in [0.05, 0.1) is 12.1 Å². The second kappa shape index (κ2) is 6.49. The van der Waals surface area contributed by atoms with E-state index in [0.29, 0.717) is 5.69 Å². The first kappa shape index (κ1) is 14.4. The van der Waals surface area contributed by atoms with E-state index in [1.807, 2.05) is 0 Å². The predicted molar refractivity (Wildman–Crippen MR) is 77.7 cm³/mol. The highest BCUT2D eigenvalue weighted by molar-refractivity contribution is 5.92. The van der Waals surface area contributed by atoms with Crippen LogP contribution in [0, 0.1) is 0 Å². The zero-order chi connectivity index (χ0) is 14.7. The monoisotopic (exact) mass is 290 g/mol. The summed E-state index contributed by atoms with van der Waals surface area (Å²) in [6.45, 7) is 2.12. The van der Waals surface area contributed by atoms with Gasteiger partial charge in [0.25, 0.3) is 5.91 Å². The van der Waals surface area contributed by atoms with Crippen LogP contribution in [0.2, 0.25) is 0 Å². The number of rotatable bonds is 3. The predicted octanol–water partition coefficient (Wildman–Crippen LogP) is 0.584. The first-order chi connectivity index (χ1) is 10.3. The van der Waals surface area contributed by atoms with Crippen LogP contribution in [0.5, 0.6) is 0 Å². The van der Waals surface area contributed by atoms with Crippen LogP contribution in [-0.2, 0) is 0 Å². The molecule has 2 heterocycles. The Morgan fingerprint density at radius 2 is 2.10 bits per heavy atom. The van der Waals surface area contributed by atoms with Gasteiger partial charge in [-0.25, -0.2) is 0 Å². The molecule has 0 bridgehead atoms. The van der Waals surface area contributed by atoms with E-state index < -0.39 is 6.10 Å². The number of aliphatic hydroxyl groups is 1. The number of aromatic nitrogens is 2. The van der Waals surface area contributed by atoms with Crippen LogP contribution >= 0.6 is 0 Å². The summed E-state index contributed by atoms with van der Waals surface area (Å²) in [5, 5.41) is 21.0. The van der Waals surface area contributed by atoms with Crippen molar-refractivity contribution in [3.63, 3.8) is 0 Å². The number of hydrogen-bond donors (Lipinski definition) is 2. The molecule has 6 heteroatoms. The lowest BCUT2D eigenvalue weighted by Gasteiger charge is -2.40. The molecule has 0 spiro atoms. The van der Waals surface area contributed by atoms with Gasteiger partial charge in [-0.2, -0.15) is 5.10 Å². The number of amides is 1. The molecule has 1 aliphatic heterocycles. The molecule has 2 fully saturated rings. The average molecular weight is 290 g/mol. The van der Waals surface area contributed by atoms with Gasteiger partial charge in [0, 0.05) is 12.2 Å². The van der Waals surface area contributed by atoms with Gasteiger partial charge in [-0.3, -0.25) is 9.69 Å². The maximum absolute atomic E-state index is 12.1. The summed E-state index contributed by atoms with van der Waals surface area (Å²) in [5.41, 5.74) is 0.299. The normalized spacial score (nSPS) is 30.2. The third-order valence-electron chi connectivity index (χ3n) is 4.55. The Balaban J connectivity index is 1.63. The van der Waals surface area contributed by atoms with Gasteiger partial charge in [-0.15, -0.1) is 5.10 Å². The Labute approximate surface area is 124 Å². The van der Waals surface area contributed by atoms with Crippen LogP contribution in [0.25, 0.3) is 0 Å². The molecule has 0 aromatic carbocycles. The number of carbonyl (C=O) groups is 1. The fourth-order valence-electron chi connectivity index (χ4n) is 3.45. The summed E-state index contributed by atoms with van der Waals surface area (Å²) in [5.74, 6) is -0.255. The Morgan fingerprint density at radius 1 is 1.29 bits per heavy atom. The molecule has 21 heavy (non-hydrogen) atoms. The van der Waals surface area contributed by atoms with Crippen LogP contribution in [0.15, 0.2) is 18.3 Å². The third-order valence-corrected chi connectivity index (χ3v) is 4.55. The molecular weight excluding hydrogens is 268 g/mol. The fourth-order valence-corrected chi connectivity index (χ4v) is 3.45. The van der Waals surface area contributed by atoms with Crippen LogP contribution in [-0.4, -0.2) is 57.4 Å². The summed E-state index contributed by atoms with van der Waals surface area (Å²) in [6, 6.07) is 3.30. The topological polar surface area (TPSA) is 78.4 Å². The molecule has 1 aromatic heterocycles. The van der Waals surface area contributed by atoms with Gasteiger partial charge < -0.3 is 10.4 Å². The molecule has 1 amide bonds. The van der Waals surface area contributed by atoms with E-state index in [2.05, 4.69) is 20.4 Å². The summed E-state index contributed by atoms with van der Waals surface area (Å²) >= 11 is 0. The standard InChI is InChI=1S/C15H22N4O2/c20-14-11(17-15(21)12-6-4-8-16-18-12)5-3-7-13(14)19-9-1-2-10-19/h4,6,8,11,13-14,20H,1-3,5,7,9-10H2,(H,17,21)/t11-,13-,14-/m1/s1. The Kier molecular flexibility index (Phi) is 4.45. The lowest BCUT2D eigenvalue weighted by molar-refractivity contribution is 0.00696.